The number of hydrogen-bond acceptors (Lipinski definition) is 4. The summed E-state index contributed by atoms with van der Waals surface area (Å²) in [6.45, 7) is 7.95. The Hall–Kier alpha value is -4.10. The first kappa shape index (κ1) is 25.5. The van der Waals surface area contributed by atoms with Crippen LogP contribution < -0.4 is 9.80 Å². The first-order valence-corrected chi connectivity index (χ1v) is 13.0. The van der Waals surface area contributed by atoms with Gasteiger partial charge in [0.25, 0.3) is 23.6 Å². The molecule has 0 aliphatic carbocycles. The minimum absolute atomic E-state index is 0.179. The molecule has 190 valence electrons. The zero-order valence-electron chi connectivity index (χ0n) is 21.4. The van der Waals surface area contributed by atoms with Crippen LogP contribution in [0.3, 0.4) is 0 Å². The Balaban J connectivity index is 1.69. The van der Waals surface area contributed by atoms with Crippen LogP contribution in [-0.2, 0) is 19.2 Å². The molecule has 0 saturated heterocycles. The molecule has 0 atom stereocenters. The smallest absolute Gasteiger partial charge is 0.258 e. The molecular formula is C31H25BrN2O4. The van der Waals surface area contributed by atoms with Gasteiger partial charge in [-0.25, -0.2) is 9.80 Å². The summed E-state index contributed by atoms with van der Waals surface area (Å²) in [5, 5.41) is 0. The topological polar surface area (TPSA) is 74.8 Å². The van der Waals surface area contributed by atoms with Crippen LogP contribution in [0.4, 0.5) is 11.4 Å². The number of halogens is 1. The predicted molar refractivity (Wildman–Crippen MR) is 150 cm³/mol. The number of carbonyl (C=O) groups excluding carboxylic acids is 4. The second-order valence-corrected chi connectivity index (χ2v) is 10.6. The third kappa shape index (κ3) is 4.33. The van der Waals surface area contributed by atoms with Crippen molar-refractivity contribution in [2.45, 2.75) is 33.6 Å². The molecule has 5 rings (SSSR count). The average molecular weight is 569 g/mol. The van der Waals surface area contributed by atoms with E-state index in [2.05, 4.69) is 28.1 Å². The molecule has 0 fully saturated rings. The van der Waals surface area contributed by atoms with Crippen LogP contribution in [0.25, 0.3) is 0 Å². The van der Waals surface area contributed by atoms with E-state index in [1.807, 2.05) is 64.1 Å². The summed E-state index contributed by atoms with van der Waals surface area (Å²) in [5.41, 5.74) is 8.02. The molecule has 3 aromatic rings. The van der Waals surface area contributed by atoms with Crippen molar-refractivity contribution in [1.29, 1.82) is 0 Å². The second-order valence-electron chi connectivity index (χ2n) is 9.66. The molecule has 2 aliphatic heterocycles. The van der Waals surface area contributed by atoms with E-state index < -0.39 is 0 Å². The van der Waals surface area contributed by atoms with E-state index in [0.29, 0.717) is 11.4 Å². The number of hydrogen-bond donors (Lipinski definition) is 0. The minimum Gasteiger partial charge on any atom is -0.269 e. The molecule has 0 unspecified atom stereocenters. The molecule has 0 spiro atoms. The molecule has 0 N–H and O–H groups in total. The highest BCUT2D eigenvalue weighted by Gasteiger charge is 2.31. The molecule has 3 aromatic carbocycles. The van der Waals surface area contributed by atoms with Gasteiger partial charge >= 0.3 is 0 Å². The second kappa shape index (κ2) is 9.65. The molecule has 0 saturated carbocycles. The van der Waals surface area contributed by atoms with Crippen molar-refractivity contribution in [3.05, 3.63) is 116 Å². The van der Waals surface area contributed by atoms with Crippen molar-refractivity contribution in [2.75, 3.05) is 9.80 Å². The monoisotopic (exact) mass is 568 g/mol. The molecule has 38 heavy (non-hydrogen) atoms. The van der Waals surface area contributed by atoms with Gasteiger partial charge in [0.15, 0.2) is 0 Å². The first-order valence-electron chi connectivity index (χ1n) is 12.2. The lowest BCUT2D eigenvalue weighted by atomic mass is 9.77. The van der Waals surface area contributed by atoms with Crippen LogP contribution >= 0.6 is 15.9 Å². The van der Waals surface area contributed by atoms with Crippen molar-refractivity contribution in [3.8, 4) is 0 Å². The Morgan fingerprint density at radius 1 is 0.579 bits per heavy atom. The highest BCUT2D eigenvalue weighted by atomic mass is 79.9. The normalized spacial score (nSPS) is 15.1. The molecule has 4 amide bonds. The van der Waals surface area contributed by atoms with Gasteiger partial charge in [-0.3, -0.25) is 19.2 Å². The average Bonchev–Trinajstić information content (AvgIpc) is 3.36. The van der Waals surface area contributed by atoms with Crippen LogP contribution in [0.5, 0.6) is 0 Å². The third-order valence-corrected chi connectivity index (χ3v) is 7.54. The number of amides is 4. The number of imide groups is 2. The standard InChI is InChI=1S/C31H25BrN2O4/c1-17-12-23(33-25(35)8-9-26(33)36)13-18(2)29(17)31(21-6-5-7-22(32)16-21)30-19(3)14-24(15-20(30)4)34-27(37)10-11-28(34)38/h5-16,31H,1-4H3. The maximum absolute atomic E-state index is 12.3. The fraction of sp³-hybridized carbons (Fsp3) is 0.161. The SMILES string of the molecule is Cc1cc(N2C(=O)C=CC2=O)cc(C)c1C(c1cccc(Br)c1)c1c(C)cc(N2C(=O)C=CC2=O)cc1C. The zero-order valence-corrected chi connectivity index (χ0v) is 23.0. The predicted octanol–water partition coefficient (Wildman–Crippen LogP) is 5.72. The number of aryl methyl sites for hydroxylation is 4. The van der Waals surface area contributed by atoms with Gasteiger partial charge in [-0.05, 0) is 103 Å². The van der Waals surface area contributed by atoms with Crippen LogP contribution in [0, 0.1) is 27.7 Å². The fourth-order valence-corrected chi connectivity index (χ4v) is 5.96. The molecular weight excluding hydrogens is 544 g/mol. The summed E-state index contributed by atoms with van der Waals surface area (Å²) in [4.78, 5) is 51.7. The highest BCUT2D eigenvalue weighted by molar-refractivity contribution is 9.10. The van der Waals surface area contributed by atoms with E-state index in [1.54, 1.807) is 0 Å². The van der Waals surface area contributed by atoms with E-state index in [1.165, 1.54) is 34.1 Å². The van der Waals surface area contributed by atoms with Gasteiger partial charge in [-0.2, -0.15) is 0 Å². The zero-order chi connectivity index (χ0) is 27.3. The van der Waals surface area contributed by atoms with Gasteiger partial charge in [0.1, 0.15) is 0 Å². The molecule has 2 heterocycles. The number of benzene rings is 3. The van der Waals surface area contributed by atoms with Gasteiger partial charge in [0.2, 0.25) is 0 Å². The Bertz CT molecular complexity index is 1440. The number of rotatable bonds is 5. The van der Waals surface area contributed by atoms with Crippen molar-refractivity contribution in [1.82, 2.24) is 0 Å². The summed E-state index contributed by atoms with van der Waals surface area (Å²) in [6.07, 6.45) is 5.13. The quantitative estimate of drug-likeness (QED) is 0.291. The maximum atomic E-state index is 12.3. The van der Waals surface area contributed by atoms with Gasteiger partial charge in [-0.15, -0.1) is 0 Å². The summed E-state index contributed by atoms with van der Waals surface area (Å²) >= 11 is 3.61. The van der Waals surface area contributed by atoms with Crippen LogP contribution in [0.2, 0.25) is 0 Å². The van der Waals surface area contributed by atoms with E-state index in [-0.39, 0.29) is 29.5 Å². The van der Waals surface area contributed by atoms with Crippen molar-refractivity contribution >= 4 is 50.9 Å². The Labute approximate surface area is 229 Å². The van der Waals surface area contributed by atoms with E-state index in [4.69, 9.17) is 0 Å². The molecule has 0 radical (unpaired) electrons. The summed E-state index contributed by atoms with van der Waals surface area (Å²) < 4.78 is 0.942. The van der Waals surface area contributed by atoms with Crippen LogP contribution in [0.15, 0.2) is 77.3 Å². The maximum Gasteiger partial charge on any atom is 0.258 e. The molecule has 2 aliphatic rings. The number of nitrogens with zero attached hydrogens (tertiary/aromatic N) is 2. The molecule has 0 aromatic heterocycles. The van der Waals surface area contributed by atoms with Gasteiger partial charge < -0.3 is 0 Å². The number of anilines is 2. The summed E-state index contributed by atoms with van der Waals surface area (Å²) in [5.74, 6) is -1.59. The number of carbonyl (C=O) groups is 4. The van der Waals surface area contributed by atoms with E-state index in [9.17, 15) is 19.2 Å². The summed E-state index contributed by atoms with van der Waals surface area (Å²) in [7, 11) is 0. The Morgan fingerprint density at radius 2 is 0.947 bits per heavy atom. The van der Waals surface area contributed by atoms with Gasteiger partial charge in [-0.1, -0.05) is 28.1 Å². The first-order chi connectivity index (χ1) is 18.1. The van der Waals surface area contributed by atoms with Crippen molar-refractivity contribution in [2.24, 2.45) is 0 Å². The van der Waals surface area contributed by atoms with E-state index in [0.717, 1.165) is 43.4 Å². The van der Waals surface area contributed by atoms with Crippen molar-refractivity contribution in [3.63, 3.8) is 0 Å². The lowest BCUT2D eigenvalue weighted by Gasteiger charge is -2.28. The van der Waals surface area contributed by atoms with Crippen LogP contribution in [0.1, 0.15) is 44.9 Å². The van der Waals surface area contributed by atoms with E-state index >= 15 is 0 Å². The molecule has 7 heteroatoms. The molecule has 0 bridgehead atoms. The highest BCUT2D eigenvalue weighted by Crippen LogP contribution is 2.42. The minimum atomic E-state index is -0.354. The summed E-state index contributed by atoms with van der Waals surface area (Å²) in [6, 6.07) is 15.6. The van der Waals surface area contributed by atoms with Gasteiger partial charge in [0.05, 0.1) is 11.4 Å². The largest absolute Gasteiger partial charge is 0.269 e. The third-order valence-electron chi connectivity index (χ3n) is 7.05. The fourth-order valence-electron chi connectivity index (χ4n) is 5.55. The van der Waals surface area contributed by atoms with Crippen molar-refractivity contribution < 1.29 is 19.2 Å². The lowest BCUT2D eigenvalue weighted by molar-refractivity contribution is -0.121. The van der Waals surface area contributed by atoms with Crippen LogP contribution in [-0.4, -0.2) is 23.6 Å². The Kier molecular flexibility index (Phi) is 6.49. The van der Waals surface area contributed by atoms with Gasteiger partial charge in [0, 0.05) is 34.7 Å². The molecule has 6 nitrogen and oxygen atoms in total. The Morgan fingerprint density at radius 3 is 1.29 bits per heavy atom. The lowest BCUT2D eigenvalue weighted by Crippen LogP contribution is -2.30.